The van der Waals surface area contributed by atoms with Crippen molar-refractivity contribution in [3.63, 3.8) is 0 Å². The number of hydrogen-bond acceptors (Lipinski definition) is 2. The van der Waals surface area contributed by atoms with Crippen molar-refractivity contribution in [1.82, 2.24) is 13.5 Å². The summed E-state index contributed by atoms with van der Waals surface area (Å²) in [4.78, 5) is 14.1. The monoisotopic (exact) mass is 843 g/mol. The first-order chi connectivity index (χ1) is 32.6. The van der Waals surface area contributed by atoms with Gasteiger partial charge < -0.3 is 13.6 Å². The van der Waals surface area contributed by atoms with Crippen molar-refractivity contribution in [2.75, 3.05) is 0 Å². The molecule has 0 N–H and O–H groups in total. The molecule has 0 amide bonds. The van der Waals surface area contributed by atoms with Crippen molar-refractivity contribution in [3.05, 3.63) is 223 Å². The van der Waals surface area contributed by atoms with Gasteiger partial charge in [0.2, 0.25) is 0 Å². The summed E-state index contributed by atoms with van der Waals surface area (Å²) < 4.78 is 13.8. The highest BCUT2D eigenvalue weighted by atomic mass is 16.3. The smallest absolute Gasteiger partial charge is 0.263 e. The van der Waals surface area contributed by atoms with Gasteiger partial charge in [0.05, 0.1) is 33.1 Å². The lowest BCUT2D eigenvalue weighted by Crippen LogP contribution is -2.17. The molecule has 5 heteroatoms. The maximum absolute atomic E-state index is 14.1. The van der Waals surface area contributed by atoms with Gasteiger partial charge in [-0.3, -0.25) is 9.20 Å². The lowest BCUT2D eigenvalue weighted by atomic mass is 9.92. The Kier molecular flexibility index (Phi) is 7.50. The average molecular weight is 844 g/mol. The van der Waals surface area contributed by atoms with Gasteiger partial charge in [0.25, 0.3) is 5.56 Å². The summed E-state index contributed by atoms with van der Waals surface area (Å²) in [5.41, 5.74) is 15.4. The Hall–Kier alpha value is -8.93. The van der Waals surface area contributed by atoms with Gasteiger partial charge in [-0.15, -0.1) is 0 Å². The van der Waals surface area contributed by atoms with E-state index in [1.807, 2.05) is 22.6 Å². The first kappa shape index (κ1) is 36.5. The topological polar surface area (TPSA) is 44.5 Å². The number of aromatic nitrogens is 3. The van der Waals surface area contributed by atoms with E-state index in [1.165, 1.54) is 27.1 Å². The van der Waals surface area contributed by atoms with Crippen LogP contribution in [0.25, 0.3) is 139 Å². The third kappa shape index (κ3) is 4.86. The number of furan rings is 1. The van der Waals surface area contributed by atoms with Crippen molar-refractivity contribution < 1.29 is 4.42 Å². The third-order valence-corrected chi connectivity index (χ3v) is 13.9. The number of nitrogens with zero attached hydrogens (tertiary/aromatic N) is 3. The van der Waals surface area contributed by atoms with E-state index in [4.69, 9.17) is 4.42 Å². The molecule has 5 aromatic heterocycles. The third-order valence-electron chi connectivity index (χ3n) is 13.9. The molecule has 5 heterocycles. The molecule has 308 valence electrons. The zero-order valence-electron chi connectivity index (χ0n) is 35.6. The van der Waals surface area contributed by atoms with E-state index >= 15 is 0 Å². The van der Waals surface area contributed by atoms with Crippen LogP contribution in [0.5, 0.6) is 0 Å². The van der Waals surface area contributed by atoms with Crippen molar-refractivity contribution in [1.29, 1.82) is 0 Å². The summed E-state index contributed by atoms with van der Waals surface area (Å²) in [5.74, 6) is 0. The molecule has 0 saturated heterocycles. The highest BCUT2D eigenvalue weighted by Crippen LogP contribution is 2.46. The number of pyridine rings is 1. The second-order valence-corrected chi connectivity index (χ2v) is 17.3. The van der Waals surface area contributed by atoms with Crippen molar-refractivity contribution >= 4 is 105 Å². The molecule has 5 nitrogen and oxygen atoms in total. The Bertz CT molecular complexity index is 4450. The fourth-order valence-electron chi connectivity index (χ4n) is 11.1. The SMILES string of the molecule is C=Cc1c(C=C)c2cc(-c3cc(-c4ccccc4)cc4c3oc3ccc(-n5c6ccccc6c6ccc7c8ccccc8n(-c8ccccc8)c7c65)cc34)cc3c4ccccc4n(c1=O)c23. The Morgan fingerprint density at radius 1 is 0.394 bits per heavy atom. The van der Waals surface area contributed by atoms with Crippen LogP contribution in [0, 0.1) is 0 Å². The second-order valence-electron chi connectivity index (χ2n) is 17.3. The Balaban J connectivity index is 1.09. The van der Waals surface area contributed by atoms with Crippen LogP contribution in [-0.2, 0) is 0 Å². The van der Waals surface area contributed by atoms with Gasteiger partial charge >= 0.3 is 0 Å². The van der Waals surface area contributed by atoms with Crippen molar-refractivity contribution in [2.24, 2.45) is 0 Å². The highest BCUT2D eigenvalue weighted by molar-refractivity contribution is 6.24. The minimum Gasteiger partial charge on any atom is -0.455 e. The van der Waals surface area contributed by atoms with Crippen LogP contribution in [0.3, 0.4) is 0 Å². The first-order valence-electron chi connectivity index (χ1n) is 22.3. The number of rotatable bonds is 6. The quantitative estimate of drug-likeness (QED) is 0.167. The molecular formula is C61H37N3O2. The summed E-state index contributed by atoms with van der Waals surface area (Å²) >= 11 is 0. The van der Waals surface area contributed by atoms with E-state index in [9.17, 15) is 4.79 Å². The zero-order chi connectivity index (χ0) is 43.8. The van der Waals surface area contributed by atoms with Gasteiger partial charge in [0, 0.05) is 71.0 Å². The summed E-state index contributed by atoms with van der Waals surface area (Å²) in [6.45, 7) is 8.26. The maximum atomic E-state index is 14.1. The molecule has 0 aliphatic rings. The Labute approximate surface area is 377 Å². The molecule has 14 aromatic rings. The molecule has 0 aliphatic carbocycles. The molecule has 0 spiro atoms. The fourth-order valence-corrected chi connectivity index (χ4v) is 11.1. The van der Waals surface area contributed by atoms with Crippen LogP contribution in [0.1, 0.15) is 11.1 Å². The number of hydrogen-bond donors (Lipinski definition) is 0. The summed E-state index contributed by atoms with van der Waals surface area (Å²) in [7, 11) is 0. The highest BCUT2D eigenvalue weighted by Gasteiger charge is 2.25. The number of fused-ring (bicyclic) bond motifs is 13. The zero-order valence-corrected chi connectivity index (χ0v) is 35.6. The minimum atomic E-state index is -0.0987. The molecule has 0 aliphatic heterocycles. The minimum absolute atomic E-state index is 0.0987. The van der Waals surface area contributed by atoms with Crippen LogP contribution < -0.4 is 5.56 Å². The summed E-state index contributed by atoms with van der Waals surface area (Å²) in [6.07, 6.45) is 3.44. The normalized spacial score (nSPS) is 12.1. The average Bonchev–Trinajstić information content (AvgIpc) is 4.12. The maximum Gasteiger partial charge on any atom is 0.263 e. The molecule has 0 atom stereocenters. The molecule has 14 rings (SSSR count). The molecule has 0 unspecified atom stereocenters. The fraction of sp³-hybridized carbons (Fsp3) is 0. The van der Waals surface area contributed by atoms with Crippen LogP contribution in [-0.4, -0.2) is 13.5 Å². The predicted molar refractivity (Wildman–Crippen MR) is 277 cm³/mol. The lowest BCUT2D eigenvalue weighted by molar-refractivity contribution is 0.670. The lowest BCUT2D eigenvalue weighted by Gasteiger charge is -2.13. The second kappa shape index (κ2) is 13.5. The van der Waals surface area contributed by atoms with E-state index in [0.717, 1.165) is 105 Å². The van der Waals surface area contributed by atoms with Crippen LogP contribution in [0.2, 0.25) is 0 Å². The largest absolute Gasteiger partial charge is 0.455 e. The van der Waals surface area contributed by atoms with E-state index < -0.39 is 0 Å². The van der Waals surface area contributed by atoms with Gasteiger partial charge in [-0.25, -0.2) is 0 Å². The number of para-hydroxylation sites is 4. The molecule has 0 saturated carbocycles. The molecule has 9 aromatic carbocycles. The number of benzene rings is 9. The van der Waals surface area contributed by atoms with Gasteiger partial charge in [-0.1, -0.05) is 141 Å². The van der Waals surface area contributed by atoms with Gasteiger partial charge in [0.1, 0.15) is 11.2 Å². The van der Waals surface area contributed by atoms with Gasteiger partial charge in [-0.2, -0.15) is 0 Å². The molecule has 66 heavy (non-hydrogen) atoms. The Morgan fingerprint density at radius 2 is 0.955 bits per heavy atom. The molecule has 0 radical (unpaired) electrons. The van der Waals surface area contributed by atoms with Gasteiger partial charge in [0.15, 0.2) is 0 Å². The van der Waals surface area contributed by atoms with Crippen LogP contribution >= 0.6 is 0 Å². The Morgan fingerprint density at radius 3 is 1.62 bits per heavy atom. The van der Waals surface area contributed by atoms with Crippen molar-refractivity contribution in [3.8, 4) is 33.6 Å². The first-order valence-corrected chi connectivity index (χ1v) is 22.3. The van der Waals surface area contributed by atoms with Crippen LogP contribution in [0.4, 0.5) is 0 Å². The van der Waals surface area contributed by atoms with E-state index in [-0.39, 0.29) is 5.56 Å². The molecule has 0 bridgehead atoms. The standard InChI is InChI=1S/C61H37N3O2/c1-3-41-42(4-2)61(65)64-55-26-16-13-23-45(55)51-34-38(33-50(41)57(51)64)48-31-37(36-17-7-5-8-18-36)32-52-49-35-40(27-30-56(49)66-60(48)52)63-54-25-15-12-22-44(54)47-29-28-46-43-21-11-14-24-53(43)62(58(46)59(47)63)39-19-9-6-10-20-39/h3-35H,1-2H2. The van der Waals surface area contributed by atoms with E-state index in [1.54, 1.807) is 12.2 Å². The molecular weight excluding hydrogens is 807 g/mol. The van der Waals surface area contributed by atoms with Crippen LogP contribution in [0.15, 0.2) is 210 Å². The van der Waals surface area contributed by atoms with E-state index in [0.29, 0.717) is 5.56 Å². The van der Waals surface area contributed by atoms with Crippen molar-refractivity contribution in [2.45, 2.75) is 0 Å². The van der Waals surface area contributed by atoms with Gasteiger partial charge in [-0.05, 0) is 95.1 Å². The van der Waals surface area contributed by atoms with E-state index in [2.05, 4.69) is 192 Å². The summed E-state index contributed by atoms with van der Waals surface area (Å²) in [5, 5.41) is 9.79. The molecule has 0 fully saturated rings. The summed E-state index contributed by atoms with van der Waals surface area (Å²) in [6, 6.07) is 67.0. The predicted octanol–water partition coefficient (Wildman–Crippen LogP) is 15.8.